The van der Waals surface area contributed by atoms with Crippen molar-refractivity contribution in [2.45, 2.75) is 29.5 Å². The van der Waals surface area contributed by atoms with Gasteiger partial charge in [0.2, 0.25) is 11.8 Å². The first kappa shape index (κ1) is 31.3. The lowest BCUT2D eigenvalue weighted by Crippen LogP contribution is -2.42. The lowest BCUT2D eigenvalue weighted by Gasteiger charge is -2.43. The van der Waals surface area contributed by atoms with E-state index in [1.165, 1.54) is 40.5 Å². The number of hydrogen-bond acceptors (Lipinski definition) is 8. The minimum atomic E-state index is -0.415. The van der Waals surface area contributed by atoms with Crippen LogP contribution in [0.3, 0.4) is 0 Å². The zero-order valence-corrected chi connectivity index (χ0v) is 28.7. The molecule has 1 aromatic heterocycles. The van der Waals surface area contributed by atoms with Crippen LogP contribution in [0.15, 0.2) is 81.0 Å². The smallest absolute Gasteiger partial charge is 0.305 e. The molecule has 2 bridgehead atoms. The second kappa shape index (κ2) is 12.2. The first-order valence-corrected chi connectivity index (χ1v) is 18.2. The topological polar surface area (TPSA) is 118 Å². The van der Waals surface area contributed by atoms with E-state index in [2.05, 4.69) is 26.2 Å². The van der Waals surface area contributed by atoms with Gasteiger partial charge in [-0.05, 0) is 97.3 Å². The molecule has 4 aliphatic rings. The highest BCUT2D eigenvalue weighted by Gasteiger charge is 2.69. The van der Waals surface area contributed by atoms with E-state index in [0.717, 1.165) is 26.4 Å². The number of H-pyrrole nitrogens is 1. The molecule has 8 rings (SSSR count). The fraction of sp³-hybridized carbons (Fsp3) is 0.314. The maximum Gasteiger partial charge on any atom is 0.305 e. The Balaban J connectivity index is 1.10. The van der Waals surface area contributed by atoms with Gasteiger partial charge in [0.25, 0.3) is 5.91 Å². The number of rotatable bonds is 8. The first-order chi connectivity index (χ1) is 23.2. The minimum absolute atomic E-state index is 0.000427. The van der Waals surface area contributed by atoms with E-state index in [-0.39, 0.29) is 58.1 Å². The predicted octanol–water partition coefficient (Wildman–Crippen LogP) is 6.43. The summed E-state index contributed by atoms with van der Waals surface area (Å²) >= 11 is 6.26. The molecule has 0 spiro atoms. The number of benzene rings is 3. The van der Waals surface area contributed by atoms with Gasteiger partial charge in [0.05, 0.1) is 29.2 Å². The lowest BCUT2D eigenvalue weighted by molar-refractivity contribution is -0.123. The van der Waals surface area contributed by atoms with E-state index in [1.807, 2.05) is 31.2 Å². The Bertz CT molecular complexity index is 2000. The third kappa shape index (κ3) is 5.17. The number of fused-ring (bicyclic) bond motifs is 9. The van der Waals surface area contributed by atoms with Gasteiger partial charge < -0.3 is 19.8 Å². The number of nitrogens with one attached hydrogen (secondary N) is 2. The number of carbonyl (C=O) groups excluding carboxylic acids is 3. The van der Waals surface area contributed by atoms with Crippen molar-refractivity contribution < 1.29 is 28.2 Å². The number of anilines is 2. The van der Waals surface area contributed by atoms with Gasteiger partial charge in [-0.15, -0.1) is 11.8 Å². The summed E-state index contributed by atoms with van der Waals surface area (Å²) in [6, 6.07) is 18.3. The Labute approximate surface area is 291 Å². The van der Waals surface area contributed by atoms with Gasteiger partial charge in [0.15, 0.2) is 18.1 Å². The summed E-state index contributed by atoms with van der Waals surface area (Å²) in [5.74, 6) is -1.27. The molecule has 4 aromatic rings. The van der Waals surface area contributed by atoms with Crippen molar-refractivity contribution in [1.82, 2.24) is 4.98 Å². The van der Waals surface area contributed by atoms with Crippen LogP contribution in [0.5, 0.6) is 11.5 Å². The molecule has 2 N–H and O–H groups in total. The number of hydrogen-bond donors (Lipinski definition) is 2. The average Bonchev–Trinajstić information content (AvgIpc) is 3.81. The molecule has 3 aromatic carbocycles. The number of carbonyl (C=O) groups is 3. The van der Waals surface area contributed by atoms with Gasteiger partial charge in [-0.2, -0.15) is 0 Å². The molecule has 2 aliphatic carbocycles. The van der Waals surface area contributed by atoms with Crippen LogP contribution in [-0.2, 0) is 14.4 Å². The molecule has 13 heteroatoms. The molecule has 3 fully saturated rings. The highest BCUT2D eigenvalue weighted by molar-refractivity contribution is 9.10. The molecule has 3 amide bonds. The number of aromatic nitrogens is 1. The van der Waals surface area contributed by atoms with E-state index in [4.69, 9.17) is 9.47 Å². The van der Waals surface area contributed by atoms with Crippen LogP contribution >= 0.6 is 39.0 Å². The van der Waals surface area contributed by atoms with Gasteiger partial charge in [0.1, 0.15) is 5.82 Å². The molecule has 2 saturated carbocycles. The van der Waals surface area contributed by atoms with E-state index in [1.54, 1.807) is 30.0 Å². The van der Waals surface area contributed by atoms with Crippen LogP contribution < -0.4 is 24.6 Å². The molecule has 3 heterocycles. The van der Waals surface area contributed by atoms with E-state index >= 15 is 0 Å². The number of amides is 3. The average molecular weight is 751 g/mol. The summed E-state index contributed by atoms with van der Waals surface area (Å²) in [5.41, 5.74) is 1.95. The monoisotopic (exact) mass is 749 g/mol. The van der Waals surface area contributed by atoms with Crippen LogP contribution in [0, 0.1) is 35.4 Å². The number of aromatic amines is 1. The highest BCUT2D eigenvalue weighted by Crippen LogP contribution is 2.68. The standard InChI is InChI=1S/C35H29BrFN3O6S2/c1-2-45-24-13-16(3-12-23(24)46-15-25(41)38-19-8-6-18(37)7-9-19)26-27-21-14-22(30(27)47-32-31(26)48-35(44)39-32)29-28(21)33(42)40(34(29)43)20-10-4-17(36)5-11-20/h3-13,21-22,26-30H,2,14-15H2,1H3,(H,38,41)(H,39,44)/t21?,22?,26-,27?,28?,29?,30?/m1/s1. The van der Waals surface area contributed by atoms with Crippen LogP contribution in [-0.4, -0.2) is 41.2 Å². The van der Waals surface area contributed by atoms with Gasteiger partial charge in [0, 0.05) is 26.2 Å². The molecule has 2 aliphatic heterocycles. The zero-order chi connectivity index (χ0) is 33.3. The van der Waals surface area contributed by atoms with Crippen LogP contribution in [0.25, 0.3) is 0 Å². The number of thioether (sulfide) groups is 1. The normalized spacial score (nSPS) is 26.6. The number of nitrogens with zero attached hydrogens (tertiary/aromatic N) is 1. The predicted molar refractivity (Wildman–Crippen MR) is 183 cm³/mol. The molecular formula is C35H29BrFN3O6S2. The van der Waals surface area contributed by atoms with Crippen molar-refractivity contribution in [3.63, 3.8) is 0 Å². The largest absolute Gasteiger partial charge is 0.490 e. The van der Waals surface area contributed by atoms with Crippen molar-refractivity contribution >= 4 is 68.1 Å². The third-order valence-corrected chi connectivity index (χ3v) is 13.0. The highest BCUT2D eigenvalue weighted by atomic mass is 79.9. The van der Waals surface area contributed by atoms with Crippen molar-refractivity contribution in [2.75, 3.05) is 23.4 Å². The maximum absolute atomic E-state index is 14.0. The fourth-order valence-electron chi connectivity index (χ4n) is 8.21. The second-order valence-corrected chi connectivity index (χ2v) is 15.6. The molecule has 1 saturated heterocycles. The summed E-state index contributed by atoms with van der Waals surface area (Å²) in [4.78, 5) is 58.4. The molecule has 48 heavy (non-hydrogen) atoms. The molecule has 246 valence electrons. The van der Waals surface area contributed by atoms with Gasteiger partial charge in [-0.25, -0.2) is 4.39 Å². The first-order valence-electron chi connectivity index (χ1n) is 15.7. The van der Waals surface area contributed by atoms with E-state index < -0.39 is 17.6 Å². The zero-order valence-electron chi connectivity index (χ0n) is 25.5. The Morgan fingerprint density at radius 2 is 1.71 bits per heavy atom. The van der Waals surface area contributed by atoms with Crippen molar-refractivity contribution in [3.8, 4) is 11.5 Å². The molecule has 9 nitrogen and oxygen atoms in total. The molecular weight excluding hydrogens is 721 g/mol. The summed E-state index contributed by atoms with van der Waals surface area (Å²) in [6.07, 6.45) is 0.779. The summed E-state index contributed by atoms with van der Waals surface area (Å²) in [7, 11) is 0. The van der Waals surface area contributed by atoms with Crippen LogP contribution in [0.2, 0.25) is 0 Å². The van der Waals surface area contributed by atoms with Crippen LogP contribution in [0.4, 0.5) is 15.8 Å². The third-order valence-electron chi connectivity index (χ3n) is 9.92. The second-order valence-electron chi connectivity index (χ2n) is 12.4. The number of ether oxygens (including phenoxy) is 2. The maximum atomic E-state index is 14.0. The van der Waals surface area contributed by atoms with E-state index in [9.17, 15) is 23.6 Å². The Hall–Kier alpha value is -3.94. The number of imide groups is 1. The Morgan fingerprint density at radius 1 is 0.979 bits per heavy atom. The number of halogens is 2. The lowest BCUT2D eigenvalue weighted by atomic mass is 9.68. The molecule has 7 atom stereocenters. The summed E-state index contributed by atoms with van der Waals surface area (Å²) in [5, 5.41) is 3.55. The Kier molecular flexibility index (Phi) is 7.96. The molecule has 0 radical (unpaired) electrons. The van der Waals surface area contributed by atoms with Crippen molar-refractivity contribution in [3.05, 3.63) is 97.1 Å². The van der Waals surface area contributed by atoms with Gasteiger partial charge in [-0.1, -0.05) is 33.3 Å². The number of thiazole rings is 1. The van der Waals surface area contributed by atoms with Gasteiger partial charge in [-0.3, -0.25) is 24.1 Å². The van der Waals surface area contributed by atoms with Crippen molar-refractivity contribution in [2.24, 2.45) is 29.6 Å². The van der Waals surface area contributed by atoms with Crippen LogP contribution in [0.1, 0.15) is 29.7 Å². The molecule has 6 unspecified atom stereocenters. The SMILES string of the molecule is CCOc1cc([C@H]2c3sc(=O)[nH]c3SC3C4CC(C5C(=O)N(c6ccc(Br)cc6)C(=O)C45)C32)ccc1OCC(=O)Nc1ccc(F)cc1. The summed E-state index contributed by atoms with van der Waals surface area (Å²) < 4.78 is 26.0. The quantitative estimate of drug-likeness (QED) is 0.200. The Morgan fingerprint density at radius 3 is 2.44 bits per heavy atom. The fourth-order valence-corrected chi connectivity index (χ4v) is 11.4. The summed E-state index contributed by atoms with van der Waals surface area (Å²) in [6.45, 7) is 1.92. The van der Waals surface area contributed by atoms with E-state index in [0.29, 0.717) is 29.5 Å². The minimum Gasteiger partial charge on any atom is -0.490 e. The van der Waals surface area contributed by atoms with Crippen molar-refractivity contribution in [1.29, 1.82) is 0 Å². The van der Waals surface area contributed by atoms with Gasteiger partial charge >= 0.3 is 4.87 Å².